The molecule has 13 nitrogen and oxygen atoms in total. The molecule has 4 N–H and O–H groups in total. The van der Waals surface area contributed by atoms with Crippen LogP contribution in [0.1, 0.15) is 88.0 Å². The zero-order valence-electron chi connectivity index (χ0n) is 31.0. The zero-order valence-corrected chi connectivity index (χ0v) is 31.8. The highest BCUT2D eigenvalue weighted by Crippen LogP contribution is 2.34. The standard InChI is InChI=1S/C33H57F3N6O7S/c1-12-14-15-22(25(43)28(45)37-17-13-2)38-27(44)24-21(20(3)4)16-18-42(24)29(46)26(32(8,9)10)40-30(47)39-23(31(5,6)7)19-41(11)50(48,49)33(34,35)36/h13,20-24,26H,2,12,14-19H2,1,3-11H3,(H,37,45)(H,38,44)(H2,39,40,47)/t21?,22?,23-,24+,26-/m1/s1. The number of amides is 5. The number of nitrogens with one attached hydrogen (secondary N) is 4. The number of hydrogen-bond donors (Lipinski definition) is 4. The van der Waals surface area contributed by atoms with Crippen LogP contribution < -0.4 is 21.3 Å². The molecular weight excluding hydrogens is 681 g/mol. The van der Waals surface area contributed by atoms with Crippen LogP contribution in [0.4, 0.5) is 18.0 Å². The SMILES string of the molecule is C=CCNC(=O)C(=O)C(CCCC)NC(=O)[C@@H]1C(C(C)C)CCN1C(=O)[C@@H](NC(=O)N[C@H](CN(C)S(=O)(=O)C(F)(F)F)C(C)(C)C)C(C)(C)C. The topological polar surface area (TPSA) is 174 Å². The van der Waals surface area contributed by atoms with Crippen molar-refractivity contribution >= 4 is 39.6 Å². The number of urea groups is 1. The highest BCUT2D eigenvalue weighted by molar-refractivity contribution is 7.89. The highest BCUT2D eigenvalue weighted by atomic mass is 32.2. The minimum atomic E-state index is -5.68. The maximum Gasteiger partial charge on any atom is 0.511 e. The Kier molecular flexibility index (Phi) is 16.0. The van der Waals surface area contributed by atoms with Gasteiger partial charge in [-0.15, -0.1) is 6.58 Å². The molecule has 0 aliphatic carbocycles. The van der Waals surface area contributed by atoms with E-state index in [-0.39, 0.29) is 35.7 Å². The lowest BCUT2D eigenvalue weighted by Crippen LogP contribution is -2.62. The second-order valence-electron chi connectivity index (χ2n) is 15.3. The van der Waals surface area contributed by atoms with Crippen molar-refractivity contribution in [3.63, 3.8) is 0 Å². The smallest absolute Gasteiger partial charge is 0.346 e. The zero-order chi connectivity index (χ0) is 39.0. The summed E-state index contributed by atoms with van der Waals surface area (Å²) < 4.78 is 63.7. The maximum atomic E-state index is 14.3. The van der Waals surface area contributed by atoms with Crippen molar-refractivity contribution in [1.29, 1.82) is 0 Å². The van der Waals surface area contributed by atoms with Crippen molar-refractivity contribution in [2.45, 2.75) is 118 Å². The Balaban J connectivity index is 3.39. The molecule has 2 unspecified atom stereocenters. The van der Waals surface area contributed by atoms with Gasteiger partial charge in [-0.25, -0.2) is 13.2 Å². The van der Waals surface area contributed by atoms with Crippen molar-refractivity contribution < 1.29 is 45.6 Å². The van der Waals surface area contributed by atoms with Crippen LogP contribution in [0.5, 0.6) is 0 Å². The van der Waals surface area contributed by atoms with Crippen LogP contribution in [-0.2, 0) is 29.2 Å². The number of hydrogen-bond acceptors (Lipinski definition) is 7. The van der Waals surface area contributed by atoms with Crippen LogP contribution in [0.25, 0.3) is 0 Å². The third kappa shape index (κ3) is 11.9. The molecule has 5 atom stereocenters. The van der Waals surface area contributed by atoms with E-state index in [1.807, 2.05) is 20.8 Å². The first-order valence-electron chi connectivity index (χ1n) is 16.9. The molecule has 0 aromatic heterocycles. The molecule has 288 valence electrons. The quantitative estimate of drug-likeness (QED) is 0.139. The molecule has 1 heterocycles. The maximum absolute atomic E-state index is 14.3. The van der Waals surface area contributed by atoms with Crippen molar-refractivity contribution in [1.82, 2.24) is 30.5 Å². The fraction of sp³-hybridized carbons (Fsp3) is 0.788. The van der Waals surface area contributed by atoms with Crippen molar-refractivity contribution in [2.24, 2.45) is 22.7 Å². The third-order valence-electron chi connectivity index (χ3n) is 8.84. The predicted octanol–water partition coefficient (Wildman–Crippen LogP) is 3.32. The lowest BCUT2D eigenvalue weighted by Gasteiger charge is -2.38. The van der Waals surface area contributed by atoms with Gasteiger partial charge >= 0.3 is 21.6 Å². The van der Waals surface area contributed by atoms with Crippen molar-refractivity contribution in [2.75, 3.05) is 26.7 Å². The number of likely N-dealkylation sites (tertiary alicyclic amines) is 1. The van der Waals surface area contributed by atoms with Gasteiger partial charge in [0, 0.05) is 32.7 Å². The van der Waals surface area contributed by atoms with Crippen LogP contribution in [0.3, 0.4) is 0 Å². The number of sulfonamides is 1. The van der Waals surface area contributed by atoms with Gasteiger partial charge in [0.05, 0.1) is 6.04 Å². The number of alkyl halides is 3. The molecule has 1 rings (SSSR count). The molecule has 0 radical (unpaired) electrons. The van der Waals surface area contributed by atoms with E-state index in [1.165, 1.54) is 11.0 Å². The molecule has 0 aromatic rings. The van der Waals surface area contributed by atoms with E-state index in [2.05, 4.69) is 27.8 Å². The summed E-state index contributed by atoms with van der Waals surface area (Å²) in [4.78, 5) is 68.5. The van der Waals surface area contributed by atoms with E-state index in [0.29, 0.717) is 19.3 Å². The summed E-state index contributed by atoms with van der Waals surface area (Å²) in [6, 6.07) is -5.43. The lowest BCUT2D eigenvalue weighted by molar-refractivity contribution is -0.144. The van der Waals surface area contributed by atoms with Crippen LogP contribution in [0.15, 0.2) is 12.7 Å². The van der Waals surface area contributed by atoms with Crippen LogP contribution in [0, 0.1) is 22.7 Å². The van der Waals surface area contributed by atoms with Gasteiger partial charge in [0.2, 0.25) is 17.6 Å². The second-order valence-corrected chi connectivity index (χ2v) is 17.3. The van der Waals surface area contributed by atoms with E-state index in [0.717, 1.165) is 7.05 Å². The Labute approximate surface area is 295 Å². The first-order valence-corrected chi connectivity index (χ1v) is 18.3. The summed E-state index contributed by atoms with van der Waals surface area (Å²) >= 11 is 0. The Bertz CT molecular complexity index is 1340. The molecule has 0 bridgehead atoms. The number of nitrogens with zero attached hydrogens (tertiary/aromatic N) is 2. The minimum absolute atomic E-state index is 0.0635. The minimum Gasteiger partial charge on any atom is -0.346 e. The van der Waals surface area contributed by atoms with Gasteiger partial charge in [0.15, 0.2) is 0 Å². The summed E-state index contributed by atoms with van der Waals surface area (Å²) in [5, 5.41) is 10.3. The number of rotatable bonds is 16. The normalized spacial score (nSPS) is 19.1. The van der Waals surface area contributed by atoms with E-state index in [4.69, 9.17) is 0 Å². The van der Waals surface area contributed by atoms with E-state index >= 15 is 0 Å². The Morgan fingerprint density at radius 2 is 1.56 bits per heavy atom. The van der Waals surface area contributed by atoms with Crippen molar-refractivity contribution in [3.8, 4) is 0 Å². The molecule has 5 amide bonds. The Morgan fingerprint density at radius 1 is 0.980 bits per heavy atom. The second kappa shape index (κ2) is 17.8. The number of ketones is 1. The molecule has 50 heavy (non-hydrogen) atoms. The number of likely N-dealkylation sites (N-methyl/N-ethyl adjacent to an activating group) is 1. The summed E-state index contributed by atoms with van der Waals surface area (Å²) in [6.45, 7) is 18.6. The fourth-order valence-corrected chi connectivity index (χ4v) is 6.35. The summed E-state index contributed by atoms with van der Waals surface area (Å²) in [6.07, 6.45) is 3.31. The fourth-order valence-electron chi connectivity index (χ4n) is 5.66. The monoisotopic (exact) mass is 738 g/mol. The summed E-state index contributed by atoms with van der Waals surface area (Å²) in [5.41, 5.74) is -7.38. The number of unbranched alkanes of at least 4 members (excludes halogenated alkanes) is 1. The van der Waals surface area contributed by atoms with Gasteiger partial charge < -0.3 is 26.2 Å². The summed E-state index contributed by atoms with van der Waals surface area (Å²) in [7, 11) is -4.91. The van der Waals surface area contributed by atoms with Gasteiger partial charge in [0.1, 0.15) is 12.1 Å². The van der Waals surface area contributed by atoms with Gasteiger partial charge in [-0.3, -0.25) is 19.2 Å². The molecule has 1 fully saturated rings. The average Bonchev–Trinajstić information content (AvgIpc) is 3.44. The lowest BCUT2D eigenvalue weighted by atomic mass is 9.84. The molecular formula is C33H57F3N6O7S. The van der Waals surface area contributed by atoms with Crippen LogP contribution >= 0.6 is 0 Å². The number of halogens is 3. The molecule has 0 spiro atoms. The molecule has 0 saturated carbocycles. The number of Topliss-reactive ketones (excluding diaryl/α,β-unsaturated/α-hetero) is 1. The van der Waals surface area contributed by atoms with Crippen LogP contribution in [0.2, 0.25) is 0 Å². The Hall–Kier alpha value is -3.21. The van der Waals surface area contributed by atoms with Gasteiger partial charge in [-0.2, -0.15) is 17.5 Å². The molecule has 17 heteroatoms. The first kappa shape index (κ1) is 44.8. The van der Waals surface area contributed by atoms with Gasteiger partial charge in [0.25, 0.3) is 5.91 Å². The molecule has 1 aliphatic rings. The third-order valence-corrected chi connectivity index (χ3v) is 10.4. The Morgan fingerprint density at radius 3 is 2.02 bits per heavy atom. The van der Waals surface area contributed by atoms with E-state index in [9.17, 15) is 45.6 Å². The molecule has 1 saturated heterocycles. The summed E-state index contributed by atoms with van der Waals surface area (Å²) in [5.74, 6) is -3.28. The van der Waals surface area contributed by atoms with Crippen LogP contribution in [-0.4, -0.2) is 104 Å². The predicted molar refractivity (Wildman–Crippen MR) is 184 cm³/mol. The van der Waals surface area contributed by atoms with E-state index < -0.39 is 86.6 Å². The number of carbonyl (C=O) groups is 5. The van der Waals surface area contributed by atoms with Crippen molar-refractivity contribution in [3.05, 3.63) is 12.7 Å². The van der Waals surface area contributed by atoms with E-state index in [1.54, 1.807) is 41.5 Å². The molecule has 1 aliphatic heterocycles. The molecule has 0 aromatic carbocycles. The average molecular weight is 739 g/mol. The van der Waals surface area contributed by atoms with Gasteiger partial charge in [-0.1, -0.05) is 81.2 Å². The number of carbonyl (C=O) groups excluding carboxylic acids is 5. The first-order chi connectivity index (χ1) is 22.7. The largest absolute Gasteiger partial charge is 0.511 e. The highest BCUT2D eigenvalue weighted by Gasteiger charge is 2.50. The van der Waals surface area contributed by atoms with Gasteiger partial charge in [-0.05, 0) is 35.5 Å².